The van der Waals surface area contributed by atoms with Crippen molar-refractivity contribution in [2.45, 2.75) is 13.0 Å². The van der Waals surface area contributed by atoms with Crippen LogP contribution in [0.5, 0.6) is 0 Å². The molecule has 1 aliphatic heterocycles. The minimum Gasteiger partial charge on any atom is -0.469 e. The second-order valence-electron chi connectivity index (χ2n) is 4.70. The van der Waals surface area contributed by atoms with Crippen LogP contribution >= 0.6 is 27.3 Å². The van der Waals surface area contributed by atoms with Gasteiger partial charge in [0.15, 0.2) is 0 Å². The summed E-state index contributed by atoms with van der Waals surface area (Å²) in [7, 11) is 1.44. The molecule has 2 heterocycles. The first kappa shape index (κ1) is 15.0. The molecule has 1 saturated heterocycles. The van der Waals surface area contributed by atoms with Gasteiger partial charge < -0.3 is 9.64 Å². The number of carbonyl (C=O) groups is 1. The predicted molar refractivity (Wildman–Crippen MR) is 80.4 cm³/mol. The summed E-state index contributed by atoms with van der Waals surface area (Å²) in [4.78, 5) is 15.9. The van der Waals surface area contributed by atoms with Crippen LogP contribution in [0.2, 0.25) is 0 Å². The number of methoxy groups -OCH3 is 1. The van der Waals surface area contributed by atoms with Gasteiger partial charge in [0.25, 0.3) is 0 Å². The molecule has 0 aromatic carbocycles. The highest BCUT2D eigenvalue weighted by molar-refractivity contribution is 9.11. The fourth-order valence-electron chi connectivity index (χ4n) is 2.21. The van der Waals surface area contributed by atoms with E-state index >= 15 is 0 Å². The van der Waals surface area contributed by atoms with Crippen LogP contribution in [-0.2, 0) is 16.1 Å². The van der Waals surface area contributed by atoms with E-state index < -0.39 is 0 Å². The van der Waals surface area contributed by atoms with Crippen molar-refractivity contribution < 1.29 is 9.53 Å². The lowest BCUT2D eigenvalue weighted by Crippen LogP contribution is -2.46. The molecule has 0 N–H and O–H groups in total. The number of piperazine rings is 1. The van der Waals surface area contributed by atoms with Crippen molar-refractivity contribution in [2.24, 2.45) is 0 Å². The lowest BCUT2D eigenvalue weighted by Gasteiger charge is -2.34. The van der Waals surface area contributed by atoms with Crippen LogP contribution in [-0.4, -0.2) is 55.6 Å². The Bertz CT molecular complexity index is 417. The highest BCUT2D eigenvalue weighted by Crippen LogP contribution is 2.22. The number of carbonyl (C=O) groups excluding carboxylic acids is 1. The quantitative estimate of drug-likeness (QED) is 0.765. The van der Waals surface area contributed by atoms with Gasteiger partial charge in [0.1, 0.15) is 0 Å². The zero-order valence-corrected chi connectivity index (χ0v) is 13.5. The van der Waals surface area contributed by atoms with Crippen LogP contribution < -0.4 is 0 Å². The molecular formula is C13H19BrN2O2S. The van der Waals surface area contributed by atoms with Gasteiger partial charge >= 0.3 is 5.97 Å². The molecule has 0 amide bonds. The maximum atomic E-state index is 11.1. The van der Waals surface area contributed by atoms with Crippen molar-refractivity contribution in [3.05, 3.63) is 20.8 Å². The van der Waals surface area contributed by atoms with Crippen molar-refractivity contribution in [1.29, 1.82) is 0 Å². The minimum absolute atomic E-state index is 0.120. The topological polar surface area (TPSA) is 32.8 Å². The number of ether oxygens (including phenoxy) is 1. The zero-order chi connectivity index (χ0) is 13.7. The first-order chi connectivity index (χ1) is 9.17. The van der Waals surface area contributed by atoms with E-state index in [9.17, 15) is 4.79 Å². The van der Waals surface area contributed by atoms with E-state index in [0.717, 1.165) is 39.3 Å². The molecule has 1 fully saturated rings. The van der Waals surface area contributed by atoms with Crippen LogP contribution in [0, 0.1) is 0 Å². The van der Waals surface area contributed by atoms with Gasteiger partial charge in [-0.05, 0) is 32.9 Å². The Hall–Kier alpha value is -0.430. The molecule has 0 radical (unpaired) electrons. The van der Waals surface area contributed by atoms with Gasteiger partial charge in [-0.3, -0.25) is 9.69 Å². The Balaban J connectivity index is 1.69. The first-order valence-electron chi connectivity index (χ1n) is 6.42. The molecule has 0 aliphatic carbocycles. The van der Waals surface area contributed by atoms with Crippen molar-refractivity contribution in [3.8, 4) is 0 Å². The SMILES string of the molecule is COC(=O)CCN1CCN(Cc2csc(Br)c2)CC1. The van der Waals surface area contributed by atoms with E-state index in [1.807, 2.05) is 0 Å². The average molecular weight is 347 g/mol. The molecule has 4 nitrogen and oxygen atoms in total. The number of halogens is 1. The minimum atomic E-state index is -0.120. The molecule has 19 heavy (non-hydrogen) atoms. The van der Waals surface area contributed by atoms with Gasteiger partial charge in [0.2, 0.25) is 0 Å². The van der Waals surface area contributed by atoms with E-state index in [1.165, 1.54) is 16.5 Å². The van der Waals surface area contributed by atoms with Gasteiger partial charge in [0.05, 0.1) is 17.3 Å². The Morgan fingerprint density at radius 1 is 1.37 bits per heavy atom. The number of rotatable bonds is 5. The monoisotopic (exact) mass is 346 g/mol. The van der Waals surface area contributed by atoms with Crippen molar-refractivity contribution in [2.75, 3.05) is 39.8 Å². The molecular weight excluding hydrogens is 328 g/mol. The summed E-state index contributed by atoms with van der Waals surface area (Å²) in [5.74, 6) is -0.120. The standard InChI is InChI=1S/C13H19BrN2O2S/c1-18-13(17)2-3-15-4-6-16(7-5-15)9-11-8-12(14)19-10-11/h8,10H,2-7,9H2,1H3. The average Bonchev–Trinajstić information content (AvgIpc) is 2.83. The number of esters is 1. The fraction of sp³-hybridized carbons (Fsp3) is 0.615. The maximum absolute atomic E-state index is 11.1. The highest BCUT2D eigenvalue weighted by Gasteiger charge is 2.17. The predicted octanol–water partition coefficient (Wildman–Crippen LogP) is 2.19. The summed E-state index contributed by atoms with van der Waals surface area (Å²) >= 11 is 5.23. The largest absolute Gasteiger partial charge is 0.469 e. The summed E-state index contributed by atoms with van der Waals surface area (Å²) < 4.78 is 5.86. The van der Waals surface area contributed by atoms with E-state index in [2.05, 4.69) is 41.9 Å². The van der Waals surface area contributed by atoms with Crippen molar-refractivity contribution >= 4 is 33.2 Å². The first-order valence-corrected chi connectivity index (χ1v) is 8.09. The molecule has 0 bridgehead atoms. The third kappa shape index (κ3) is 4.87. The second-order valence-corrected chi connectivity index (χ2v) is 6.99. The molecule has 0 unspecified atom stereocenters. The molecule has 2 rings (SSSR count). The van der Waals surface area contributed by atoms with Gasteiger partial charge in [-0.2, -0.15) is 0 Å². The smallest absolute Gasteiger partial charge is 0.306 e. The van der Waals surface area contributed by atoms with Crippen LogP contribution in [0.15, 0.2) is 15.2 Å². The zero-order valence-electron chi connectivity index (χ0n) is 11.1. The van der Waals surface area contributed by atoms with E-state index in [0.29, 0.717) is 6.42 Å². The van der Waals surface area contributed by atoms with Crippen LogP contribution in [0.1, 0.15) is 12.0 Å². The molecule has 6 heteroatoms. The maximum Gasteiger partial charge on any atom is 0.306 e. The summed E-state index contributed by atoms with van der Waals surface area (Å²) in [5, 5.41) is 2.20. The van der Waals surface area contributed by atoms with Gasteiger partial charge in [-0.25, -0.2) is 0 Å². The number of thiophene rings is 1. The number of hydrogen-bond donors (Lipinski definition) is 0. The Labute approximate surface area is 126 Å². The third-order valence-corrected chi connectivity index (χ3v) is 4.91. The molecule has 106 valence electrons. The van der Waals surface area contributed by atoms with Gasteiger partial charge in [-0.15, -0.1) is 11.3 Å². The lowest BCUT2D eigenvalue weighted by atomic mass is 10.2. The molecule has 0 spiro atoms. The number of nitrogens with zero attached hydrogens (tertiary/aromatic N) is 2. The lowest BCUT2D eigenvalue weighted by molar-refractivity contribution is -0.141. The van der Waals surface area contributed by atoms with Crippen LogP contribution in [0.4, 0.5) is 0 Å². The van der Waals surface area contributed by atoms with Crippen LogP contribution in [0.25, 0.3) is 0 Å². The summed E-state index contributed by atoms with van der Waals surface area (Å²) in [6.07, 6.45) is 0.494. The third-order valence-electron chi connectivity index (χ3n) is 3.35. The normalized spacial score (nSPS) is 17.6. The van der Waals surface area contributed by atoms with Crippen LogP contribution in [0.3, 0.4) is 0 Å². The summed E-state index contributed by atoms with van der Waals surface area (Å²) in [6, 6.07) is 2.19. The van der Waals surface area contributed by atoms with E-state index in [4.69, 9.17) is 0 Å². The molecule has 0 saturated carbocycles. The van der Waals surface area contributed by atoms with Gasteiger partial charge in [0, 0.05) is 39.3 Å². The molecule has 1 aromatic rings. The Morgan fingerprint density at radius 3 is 2.63 bits per heavy atom. The molecule has 1 aliphatic rings. The Kier molecular flexibility index (Phi) is 5.81. The van der Waals surface area contributed by atoms with E-state index in [1.54, 1.807) is 11.3 Å². The summed E-state index contributed by atoms with van der Waals surface area (Å²) in [6.45, 7) is 6.02. The second kappa shape index (κ2) is 7.38. The van der Waals surface area contributed by atoms with Crippen molar-refractivity contribution in [1.82, 2.24) is 9.80 Å². The molecule has 0 atom stereocenters. The Morgan fingerprint density at radius 2 is 2.05 bits per heavy atom. The highest BCUT2D eigenvalue weighted by atomic mass is 79.9. The van der Waals surface area contributed by atoms with E-state index in [-0.39, 0.29) is 5.97 Å². The van der Waals surface area contributed by atoms with Crippen molar-refractivity contribution in [3.63, 3.8) is 0 Å². The molecule has 1 aromatic heterocycles. The number of hydrogen-bond acceptors (Lipinski definition) is 5. The van der Waals surface area contributed by atoms with Gasteiger partial charge in [-0.1, -0.05) is 0 Å². The fourth-order valence-corrected chi connectivity index (χ4v) is 3.41. The summed E-state index contributed by atoms with van der Waals surface area (Å²) in [5.41, 5.74) is 1.37.